The molecular weight excluding hydrogens is 226 g/mol. The number of nitrogens with zero attached hydrogens (tertiary/aromatic N) is 3. The maximum atomic E-state index is 5.80. The second kappa shape index (κ2) is 4.94. The van der Waals surface area contributed by atoms with Crippen molar-refractivity contribution in [1.29, 1.82) is 0 Å². The first-order valence-electron chi connectivity index (χ1n) is 5.03. The number of halogens is 1. The number of nitrogens with one attached hydrogen (secondary N) is 2. The quantitative estimate of drug-likeness (QED) is 0.487. The zero-order valence-corrected chi connectivity index (χ0v) is 9.62. The summed E-state index contributed by atoms with van der Waals surface area (Å²) in [5.74, 6) is 0.716. The fraction of sp³-hybridized carbons (Fsp3) is 0.300. The predicted octanol–water partition coefficient (Wildman–Crippen LogP) is 2.38. The van der Waals surface area contributed by atoms with Gasteiger partial charge < -0.3 is 5.32 Å². The number of aromatic nitrogens is 4. The standard InChI is InChI=1S/C10H12ClN5/c1-2-3-4-5-12-8-7-6-13-16-9(7)15-10(11)14-8/h2-3,6H,4-5H2,1H3,(H2,12,13,14,15,16)/b3-2+. The Hall–Kier alpha value is -1.62. The molecule has 0 fully saturated rings. The molecule has 84 valence electrons. The van der Waals surface area contributed by atoms with Gasteiger partial charge in [0.2, 0.25) is 5.28 Å². The zero-order chi connectivity index (χ0) is 11.4. The molecule has 6 heteroatoms. The first-order chi connectivity index (χ1) is 7.81. The summed E-state index contributed by atoms with van der Waals surface area (Å²) in [6.07, 6.45) is 6.73. The minimum atomic E-state index is 0.213. The molecule has 16 heavy (non-hydrogen) atoms. The van der Waals surface area contributed by atoms with Crippen molar-refractivity contribution in [3.05, 3.63) is 23.6 Å². The van der Waals surface area contributed by atoms with Gasteiger partial charge in [-0.05, 0) is 24.9 Å². The van der Waals surface area contributed by atoms with Crippen LogP contribution in [0.4, 0.5) is 5.82 Å². The summed E-state index contributed by atoms with van der Waals surface area (Å²) in [6, 6.07) is 0. The lowest BCUT2D eigenvalue weighted by Crippen LogP contribution is -2.03. The monoisotopic (exact) mass is 237 g/mol. The molecule has 0 saturated carbocycles. The van der Waals surface area contributed by atoms with E-state index in [0.29, 0.717) is 11.5 Å². The molecule has 2 aromatic heterocycles. The van der Waals surface area contributed by atoms with Gasteiger partial charge in [-0.1, -0.05) is 12.2 Å². The van der Waals surface area contributed by atoms with Crippen molar-refractivity contribution < 1.29 is 0 Å². The highest BCUT2D eigenvalue weighted by Gasteiger charge is 2.07. The SMILES string of the molecule is C/C=C/CCNc1nc(Cl)nc2[nH]ncc12. The predicted molar refractivity (Wildman–Crippen MR) is 64.6 cm³/mol. The average Bonchev–Trinajstić information content (AvgIpc) is 2.72. The molecule has 5 nitrogen and oxygen atoms in total. The molecule has 2 heterocycles. The Morgan fingerprint density at radius 2 is 2.38 bits per heavy atom. The summed E-state index contributed by atoms with van der Waals surface area (Å²) in [5.41, 5.74) is 0.647. The Labute approximate surface area is 97.9 Å². The van der Waals surface area contributed by atoms with E-state index < -0.39 is 0 Å². The van der Waals surface area contributed by atoms with Crippen molar-refractivity contribution in [2.24, 2.45) is 0 Å². The molecule has 0 aliphatic rings. The van der Waals surface area contributed by atoms with Gasteiger partial charge in [0.25, 0.3) is 0 Å². The smallest absolute Gasteiger partial charge is 0.226 e. The molecular formula is C10H12ClN5. The van der Waals surface area contributed by atoms with E-state index in [1.165, 1.54) is 0 Å². The highest BCUT2D eigenvalue weighted by Crippen LogP contribution is 2.19. The van der Waals surface area contributed by atoms with E-state index in [-0.39, 0.29) is 5.28 Å². The van der Waals surface area contributed by atoms with Crippen molar-refractivity contribution in [2.45, 2.75) is 13.3 Å². The van der Waals surface area contributed by atoms with Gasteiger partial charge in [0.1, 0.15) is 5.82 Å². The Morgan fingerprint density at radius 3 is 3.19 bits per heavy atom. The summed E-state index contributed by atoms with van der Waals surface area (Å²) < 4.78 is 0. The van der Waals surface area contributed by atoms with Gasteiger partial charge in [-0.3, -0.25) is 5.10 Å². The van der Waals surface area contributed by atoms with Crippen LogP contribution < -0.4 is 5.32 Å². The average molecular weight is 238 g/mol. The normalized spacial score (nSPS) is 11.4. The second-order valence-corrected chi connectivity index (χ2v) is 3.60. The molecule has 0 unspecified atom stereocenters. The van der Waals surface area contributed by atoms with Crippen molar-refractivity contribution in [1.82, 2.24) is 20.2 Å². The number of rotatable bonds is 4. The minimum absolute atomic E-state index is 0.213. The van der Waals surface area contributed by atoms with Gasteiger partial charge in [-0.25, -0.2) is 0 Å². The van der Waals surface area contributed by atoms with E-state index in [2.05, 4.69) is 31.6 Å². The van der Waals surface area contributed by atoms with E-state index in [0.717, 1.165) is 18.4 Å². The summed E-state index contributed by atoms with van der Waals surface area (Å²) in [4.78, 5) is 8.15. The van der Waals surface area contributed by atoms with E-state index in [4.69, 9.17) is 11.6 Å². The largest absolute Gasteiger partial charge is 0.369 e. The van der Waals surface area contributed by atoms with Gasteiger partial charge in [-0.15, -0.1) is 0 Å². The molecule has 0 aromatic carbocycles. The number of fused-ring (bicyclic) bond motifs is 1. The Morgan fingerprint density at radius 1 is 1.50 bits per heavy atom. The number of hydrogen-bond donors (Lipinski definition) is 2. The molecule has 0 amide bonds. The topological polar surface area (TPSA) is 66.5 Å². The fourth-order valence-corrected chi connectivity index (χ4v) is 1.55. The Bertz CT molecular complexity index is 505. The first kappa shape index (κ1) is 10.9. The highest BCUT2D eigenvalue weighted by atomic mass is 35.5. The van der Waals surface area contributed by atoms with Crippen LogP contribution in [-0.2, 0) is 0 Å². The highest BCUT2D eigenvalue weighted by molar-refractivity contribution is 6.28. The number of allylic oxidation sites excluding steroid dienone is 1. The number of anilines is 1. The number of aromatic amines is 1. The summed E-state index contributed by atoms with van der Waals surface area (Å²) in [5, 5.41) is 10.9. The summed E-state index contributed by atoms with van der Waals surface area (Å²) in [7, 11) is 0. The van der Waals surface area contributed by atoms with Crippen LogP contribution in [0.15, 0.2) is 18.3 Å². The minimum Gasteiger partial charge on any atom is -0.369 e. The lowest BCUT2D eigenvalue weighted by atomic mass is 10.3. The van der Waals surface area contributed by atoms with E-state index >= 15 is 0 Å². The van der Waals surface area contributed by atoms with Crippen LogP contribution in [0.3, 0.4) is 0 Å². The van der Waals surface area contributed by atoms with Gasteiger partial charge >= 0.3 is 0 Å². The van der Waals surface area contributed by atoms with E-state index in [1.807, 2.05) is 13.0 Å². The Balaban J connectivity index is 2.18. The van der Waals surface area contributed by atoms with Crippen LogP contribution >= 0.6 is 11.6 Å². The van der Waals surface area contributed by atoms with Crippen molar-refractivity contribution in [3.8, 4) is 0 Å². The van der Waals surface area contributed by atoms with E-state index in [9.17, 15) is 0 Å². The summed E-state index contributed by atoms with van der Waals surface area (Å²) in [6.45, 7) is 2.80. The zero-order valence-electron chi connectivity index (χ0n) is 8.87. The third kappa shape index (κ3) is 2.30. The lowest BCUT2D eigenvalue weighted by molar-refractivity contribution is 1.04. The van der Waals surface area contributed by atoms with Crippen LogP contribution in [0.1, 0.15) is 13.3 Å². The van der Waals surface area contributed by atoms with Crippen LogP contribution in [0.2, 0.25) is 5.28 Å². The second-order valence-electron chi connectivity index (χ2n) is 3.26. The molecule has 2 N–H and O–H groups in total. The molecule has 0 aliphatic carbocycles. The molecule has 2 aromatic rings. The van der Waals surface area contributed by atoms with Gasteiger partial charge in [-0.2, -0.15) is 15.1 Å². The summed E-state index contributed by atoms with van der Waals surface area (Å²) >= 11 is 5.80. The fourth-order valence-electron chi connectivity index (χ4n) is 1.38. The maximum absolute atomic E-state index is 5.80. The Kier molecular flexibility index (Phi) is 3.36. The molecule has 0 spiro atoms. The van der Waals surface area contributed by atoms with Crippen LogP contribution in [-0.4, -0.2) is 26.7 Å². The molecule has 0 bridgehead atoms. The number of H-pyrrole nitrogens is 1. The number of hydrogen-bond acceptors (Lipinski definition) is 4. The molecule has 0 aliphatic heterocycles. The van der Waals surface area contributed by atoms with Crippen molar-refractivity contribution >= 4 is 28.5 Å². The molecule has 0 radical (unpaired) electrons. The lowest BCUT2D eigenvalue weighted by Gasteiger charge is -2.04. The van der Waals surface area contributed by atoms with Gasteiger partial charge in [0, 0.05) is 6.54 Å². The van der Waals surface area contributed by atoms with Crippen LogP contribution in [0, 0.1) is 0 Å². The van der Waals surface area contributed by atoms with E-state index in [1.54, 1.807) is 6.20 Å². The molecule has 0 atom stereocenters. The molecule has 0 saturated heterocycles. The van der Waals surface area contributed by atoms with Gasteiger partial charge in [0.05, 0.1) is 11.6 Å². The molecule has 2 rings (SSSR count). The van der Waals surface area contributed by atoms with Crippen molar-refractivity contribution in [2.75, 3.05) is 11.9 Å². The maximum Gasteiger partial charge on any atom is 0.226 e. The third-order valence-corrected chi connectivity index (χ3v) is 2.29. The van der Waals surface area contributed by atoms with Crippen LogP contribution in [0.25, 0.3) is 11.0 Å². The van der Waals surface area contributed by atoms with Crippen LogP contribution in [0.5, 0.6) is 0 Å². The van der Waals surface area contributed by atoms with Crippen molar-refractivity contribution in [3.63, 3.8) is 0 Å². The van der Waals surface area contributed by atoms with Gasteiger partial charge in [0.15, 0.2) is 5.65 Å². The first-order valence-corrected chi connectivity index (χ1v) is 5.40. The third-order valence-electron chi connectivity index (χ3n) is 2.12.